The van der Waals surface area contributed by atoms with Gasteiger partial charge in [-0.05, 0) is 97.9 Å². The zero-order valence-corrected chi connectivity index (χ0v) is 28.3. The van der Waals surface area contributed by atoms with E-state index in [-0.39, 0.29) is 5.41 Å². The maximum Gasteiger partial charge on any atom is 0.0543 e. The minimum absolute atomic E-state index is 0.0818. The van der Waals surface area contributed by atoms with E-state index >= 15 is 0 Å². The summed E-state index contributed by atoms with van der Waals surface area (Å²) in [4.78, 5) is 2.47. The van der Waals surface area contributed by atoms with Crippen LogP contribution in [0.25, 0.3) is 64.0 Å². The molecule has 0 unspecified atom stereocenters. The van der Waals surface area contributed by atoms with Crippen molar-refractivity contribution in [3.8, 4) is 22.3 Å². The van der Waals surface area contributed by atoms with Crippen LogP contribution < -0.4 is 4.90 Å². The summed E-state index contributed by atoms with van der Waals surface area (Å²) < 4.78 is 2.67. The van der Waals surface area contributed by atoms with Crippen LogP contribution in [0.5, 0.6) is 0 Å². The molecule has 0 saturated heterocycles. The van der Waals surface area contributed by atoms with Crippen LogP contribution >= 0.6 is 11.3 Å². The Hall–Kier alpha value is -5.70. The van der Waals surface area contributed by atoms with Crippen molar-refractivity contribution in [2.24, 2.45) is 0 Å². The van der Waals surface area contributed by atoms with Crippen molar-refractivity contribution in [1.82, 2.24) is 0 Å². The van der Waals surface area contributed by atoms with Gasteiger partial charge in [-0.25, -0.2) is 0 Å². The molecule has 9 aromatic rings. The van der Waals surface area contributed by atoms with E-state index in [4.69, 9.17) is 0 Å². The first kappa shape index (κ1) is 28.3. The molecule has 0 saturated carbocycles. The summed E-state index contributed by atoms with van der Waals surface area (Å²) in [6.07, 6.45) is 0. The number of fused-ring (bicyclic) bond motifs is 9. The first-order valence-electron chi connectivity index (χ1n) is 17.0. The molecule has 0 radical (unpaired) electrons. The average molecular weight is 644 g/mol. The Morgan fingerprint density at radius 1 is 0.449 bits per heavy atom. The fourth-order valence-electron chi connectivity index (χ4n) is 8.19. The van der Waals surface area contributed by atoms with Crippen LogP contribution in [0.3, 0.4) is 0 Å². The lowest BCUT2D eigenvalue weighted by molar-refractivity contribution is 0.660. The van der Waals surface area contributed by atoms with Gasteiger partial charge in [-0.3, -0.25) is 0 Å². The largest absolute Gasteiger partial charge is 0.310 e. The topological polar surface area (TPSA) is 3.24 Å². The predicted octanol–water partition coefficient (Wildman–Crippen LogP) is 13.8. The van der Waals surface area contributed by atoms with E-state index in [1.165, 1.54) is 80.8 Å². The molecule has 0 spiro atoms. The van der Waals surface area contributed by atoms with E-state index in [2.05, 4.69) is 183 Å². The van der Waals surface area contributed by atoms with E-state index in [9.17, 15) is 0 Å². The van der Waals surface area contributed by atoms with Gasteiger partial charge in [-0.2, -0.15) is 0 Å². The van der Waals surface area contributed by atoms with Crippen molar-refractivity contribution in [1.29, 1.82) is 0 Å². The summed E-state index contributed by atoms with van der Waals surface area (Å²) >= 11 is 1.87. The third-order valence-electron chi connectivity index (χ3n) is 10.7. The molecule has 0 atom stereocenters. The lowest BCUT2D eigenvalue weighted by atomic mass is 9.82. The first-order chi connectivity index (χ1) is 24.0. The van der Waals surface area contributed by atoms with Gasteiger partial charge in [-0.1, -0.05) is 129 Å². The maximum atomic E-state index is 2.47. The van der Waals surface area contributed by atoms with Crippen LogP contribution in [-0.2, 0) is 5.41 Å². The minimum Gasteiger partial charge on any atom is -0.310 e. The second-order valence-electron chi connectivity index (χ2n) is 13.8. The number of benzene rings is 8. The summed E-state index contributed by atoms with van der Waals surface area (Å²) in [5, 5.41) is 7.71. The molecule has 0 amide bonds. The predicted molar refractivity (Wildman–Crippen MR) is 212 cm³/mol. The van der Waals surface area contributed by atoms with E-state index in [1.807, 2.05) is 11.3 Å². The molecule has 0 fully saturated rings. The third-order valence-corrected chi connectivity index (χ3v) is 11.8. The molecule has 232 valence electrons. The fourth-order valence-corrected chi connectivity index (χ4v) is 9.27. The Labute approximate surface area is 290 Å². The van der Waals surface area contributed by atoms with Gasteiger partial charge in [0.1, 0.15) is 0 Å². The minimum atomic E-state index is -0.0818. The quantitative estimate of drug-likeness (QED) is 0.173. The highest BCUT2D eigenvalue weighted by Crippen LogP contribution is 2.54. The molecule has 0 bridgehead atoms. The Morgan fingerprint density at radius 3 is 1.98 bits per heavy atom. The van der Waals surface area contributed by atoms with Crippen LogP contribution in [0.2, 0.25) is 0 Å². The Morgan fingerprint density at radius 2 is 1.10 bits per heavy atom. The van der Waals surface area contributed by atoms with E-state index in [0.29, 0.717) is 0 Å². The maximum absolute atomic E-state index is 2.47. The van der Waals surface area contributed by atoms with Gasteiger partial charge in [0.2, 0.25) is 0 Å². The van der Waals surface area contributed by atoms with Crippen LogP contribution in [0, 0.1) is 0 Å². The first-order valence-corrected chi connectivity index (χ1v) is 17.8. The molecular weight excluding hydrogens is 611 g/mol. The van der Waals surface area contributed by atoms with E-state index < -0.39 is 0 Å². The molecule has 49 heavy (non-hydrogen) atoms. The highest BCUT2D eigenvalue weighted by Gasteiger charge is 2.37. The summed E-state index contributed by atoms with van der Waals surface area (Å²) in [7, 11) is 0. The lowest BCUT2D eigenvalue weighted by Crippen LogP contribution is -2.16. The number of rotatable bonds is 4. The van der Waals surface area contributed by atoms with Crippen molar-refractivity contribution in [2.75, 3.05) is 4.90 Å². The zero-order valence-electron chi connectivity index (χ0n) is 27.4. The van der Waals surface area contributed by atoms with Gasteiger partial charge >= 0.3 is 0 Å². The normalized spacial score (nSPS) is 13.3. The van der Waals surface area contributed by atoms with E-state index in [0.717, 1.165) is 11.4 Å². The molecule has 0 N–H and O–H groups in total. The van der Waals surface area contributed by atoms with Crippen molar-refractivity contribution < 1.29 is 0 Å². The van der Waals surface area contributed by atoms with Crippen molar-refractivity contribution in [3.05, 3.63) is 175 Å². The Kier molecular flexibility index (Phi) is 6.16. The monoisotopic (exact) mass is 643 g/mol. The SMILES string of the molecule is CC1(C)c2ccccc2-c2c(N(c3ccc(-c4ccc5sc6ccccc6c5c4)cc3)c3ccc4ccc5ccccc5c4c3)cccc21. The summed E-state index contributed by atoms with van der Waals surface area (Å²) in [5.74, 6) is 0. The molecular formula is C47H33NS. The van der Waals surface area contributed by atoms with Gasteiger partial charge in [-0.15, -0.1) is 11.3 Å². The Balaban J connectivity index is 1.17. The standard InChI is InChI=1S/C47H33NS/c1-47(2)41-14-7-5-13-38(41)46-42(47)15-9-16-43(46)48(35-26-22-32-19-18-31-10-3-4-11-36(31)39(32)29-35)34-24-20-30(21-25-34)33-23-27-45-40(28-33)37-12-6-8-17-44(37)49-45/h3-29H,1-2H3. The molecule has 2 heteroatoms. The molecule has 10 rings (SSSR count). The highest BCUT2D eigenvalue weighted by molar-refractivity contribution is 7.25. The second-order valence-corrected chi connectivity index (χ2v) is 14.8. The summed E-state index contributed by atoms with van der Waals surface area (Å²) in [5.41, 5.74) is 11.3. The van der Waals surface area contributed by atoms with Gasteiger partial charge in [0.15, 0.2) is 0 Å². The molecule has 1 aliphatic carbocycles. The Bertz CT molecular complexity index is 2750. The van der Waals surface area contributed by atoms with Crippen molar-refractivity contribution in [2.45, 2.75) is 19.3 Å². The number of nitrogens with zero attached hydrogens (tertiary/aromatic N) is 1. The van der Waals surface area contributed by atoms with Crippen LogP contribution in [0.15, 0.2) is 164 Å². The summed E-state index contributed by atoms with van der Waals surface area (Å²) in [6, 6.07) is 60.7. The molecule has 1 aromatic heterocycles. The van der Waals surface area contributed by atoms with Crippen molar-refractivity contribution in [3.63, 3.8) is 0 Å². The second kappa shape index (κ2) is 10.7. The summed E-state index contributed by atoms with van der Waals surface area (Å²) in [6.45, 7) is 4.71. The van der Waals surface area contributed by atoms with Crippen molar-refractivity contribution >= 4 is 70.1 Å². The zero-order chi connectivity index (χ0) is 32.7. The molecule has 8 aromatic carbocycles. The smallest absolute Gasteiger partial charge is 0.0543 e. The highest BCUT2D eigenvalue weighted by atomic mass is 32.1. The average Bonchev–Trinajstić information content (AvgIpc) is 3.64. The lowest BCUT2D eigenvalue weighted by Gasteiger charge is -2.29. The molecule has 1 heterocycles. The van der Waals surface area contributed by atoms with Crippen LogP contribution in [-0.4, -0.2) is 0 Å². The number of anilines is 3. The van der Waals surface area contributed by atoms with Gasteiger partial charge in [0.05, 0.1) is 5.69 Å². The van der Waals surface area contributed by atoms with Gasteiger partial charge in [0, 0.05) is 42.5 Å². The molecule has 1 nitrogen and oxygen atoms in total. The van der Waals surface area contributed by atoms with Gasteiger partial charge < -0.3 is 4.90 Å². The van der Waals surface area contributed by atoms with Crippen LogP contribution in [0.4, 0.5) is 17.1 Å². The van der Waals surface area contributed by atoms with Gasteiger partial charge in [0.25, 0.3) is 0 Å². The third kappa shape index (κ3) is 4.31. The van der Waals surface area contributed by atoms with E-state index in [1.54, 1.807) is 0 Å². The number of hydrogen-bond donors (Lipinski definition) is 0. The number of hydrogen-bond acceptors (Lipinski definition) is 2. The molecule has 0 aliphatic heterocycles. The fraction of sp³-hybridized carbons (Fsp3) is 0.0638. The number of thiophene rings is 1. The molecule has 1 aliphatic rings. The van der Waals surface area contributed by atoms with Crippen LogP contribution in [0.1, 0.15) is 25.0 Å².